The Kier molecular flexibility index (Phi) is 11.4. The fraction of sp³-hybridized carbons (Fsp3) is 1.00. The topological polar surface area (TPSA) is 3.24 Å². The lowest BCUT2D eigenvalue weighted by molar-refractivity contribution is 0.0500. The van der Waals surface area contributed by atoms with Crippen molar-refractivity contribution in [2.75, 3.05) is 19.6 Å². The molecule has 100 valence electrons. The van der Waals surface area contributed by atoms with Crippen molar-refractivity contribution in [1.82, 2.24) is 4.90 Å². The Morgan fingerprint density at radius 2 is 1.75 bits per heavy atom. The highest BCUT2D eigenvalue weighted by Gasteiger charge is 2.34. The van der Waals surface area contributed by atoms with Gasteiger partial charge in [0.15, 0.2) is 0 Å². The van der Waals surface area contributed by atoms with E-state index in [0.29, 0.717) is 5.41 Å². The second-order valence-corrected chi connectivity index (χ2v) is 4.57. The van der Waals surface area contributed by atoms with E-state index in [1.165, 1.54) is 32.5 Å². The lowest BCUT2D eigenvalue weighted by Crippen LogP contribution is -2.45. The van der Waals surface area contributed by atoms with Gasteiger partial charge < -0.3 is 4.90 Å². The molecule has 0 radical (unpaired) electrons. The summed E-state index contributed by atoms with van der Waals surface area (Å²) >= 11 is 0. The zero-order valence-corrected chi connectivity index (χ0v) is 11.8. The van der Waals surface area contributed by atoms with E-state index in [-0.39, 0.29) is 0 Å². The number of hydrogen-bond donors (Lipinski definition) is 0. The van der Waals surface area contributed by atoms with Gasteiger partial charge in [-0.25, -0.2) is 0 Å². The molecule has 0 spiro atoms. The molecule has 0 aromatic rings. The van der Waals surface area contributed by atoms with Crippen molar-refractivity contribution in [3.63, 3.8) is 0 Å². The molecule has 0 amide bonds. The van der Waals surface area contributed by atoms with Gasteiger partial charge in [0.05, 0.1) is 0 Å². The van der Waals surface area contributed by atoms with E-state index in [1.54, 1.807) is 0 Å². The second kappa shape index (κ2) is 10.0. The molecular formula is C13H29F2N. The van der Waals surface area contributed by atoms with E-state index in [4.69, 9.17) is 9.15 Å². The Balaban J connectivity index is 0. The summed E-state index contributed by atoms with van der Waals surface area (Å²) in [5, 5.41) is 0. The number of piperidine rings is 1. The van der Waals surface area contributed by atoms with Crippen molar-refractivity contribution in [3.05, 3.63) is 0 Å². The van der Waals surface area contributed by atoms with E-state index in [0.717, 1.165) is 5.92 Å². The first-order valence-electron chi connectivity index (χ1n) is 6.49. The van der Waals surface area contributed by atoms with Crippen molar-refractivity contribution in [2.24, 2.45) is 11.3 Å². The third-order valence-corrected chi connectivity index (χ3v) is 3.91. The molecule has 0 N–H and O–H groups in total. The Morgan fingerprint density at radius 1 is 1.25 bits per heavy atom. The van der Waals surface area contributed by atoms with Gasteiger partial charge in [0.25, 0.3) is 0 Å². The van der Waals surface area contributed by atoms with Crippen molar-refractivity contribution >= 4 is 0 Å². The molecule has 1 rings (SSSR count). The first kappa shape index (κ1) is 18.2. The van der Waals surface area contributed by atoms with Crippen LogP contribution in [0.15, 0.2) is 0 Å². The highest BCUT2D eigenvalue weighted by Crippen LogP contribution is 2.37. The monoisotopic (exact) mass is 237 g/mol. The maximum Gasteiger partial charge on any atom is 0.00377 e. The number of hydrogen-bond acceptors (Lipinski definition) is 1. The van der Waals surface area contributed by atoms with Gasteiger partial charge in [-0.2, -0.15) is 0 Å². The van der Waals surface area contributed by atoms with E-state index < -0.39 is 0 Å². The average Bonchev–Trinajstić information content (AvgIpc) is 2.37. The van der Waals surface area contributed by atoms with Crippen molar-refractivity contribution in [1.29, 1.82) is 0 Å². The summed E-state index contributed by atoms with van der Waals surface area (Å²) in [5.74, 6) is 0.908. The molecule has 0 saturated carbocycles. The molecule has 1 fully saturated rings. The maximum absolute atomic E-state index is 8.00. The van der Waals surface area contributed by atoms with Gasteiger partial charge in [0, 0.05) is 15.7 Å². The molecule has 1 nitrogen and oxygen atoms in total. The summed E-state index contributed by atoms with van der Waals surface area (Å²) < 4.78 is 16.0. The largest absolute Gasteiger partial charge is 0.303 e. The van der Waals surface area contributed by atoms with Crippen LogP contribution >= 0.6 is 0 Å². The molecule has 0 aliphatic carbocycles. The van der Waals surface area contributed by atoms with Gasteiger partial charge in [0.2, 0.25) is 0 Å². The zero-order chi connectivity index (χ0) is 13.2. The van der Waals surface area contributed by atoms with E-state index in [2.05, 4.69) is 32.6 Å². The van der Waals surface area contributed by atoms with E-state index in [9.17, 15) is 0 Å². The number of likely N-dealkylation sites (tertiary alicyclic amines) is 1. The van der Waals surface area contributed by atoms with Crippen LogP contribution in [0, 0.1) is 11.3 Å². The predicted octanol–water partition coefficient (Wildman–Crippen LogP) is 4.63. The quantitative estimate of drug-likeness (QED) is 0.676. The molecule has 0 aromatic heterocycles. The fourth-order valence-corrected chi connectivity index (χ4v) is 2.20. The Morgan fingerprint density at radius 3 is 2.12 bits per heavy atom. The highest BCUT2D eigenvalue weighted by atomic mass is 20.0. The molecule has 0 unspecified atom stereocenters. The van der Waals surface area contributed by atoms with Crippen LogP contribution in [0.3, 0.4) is 0 Å². The van der Waals surface area contributed by atoms with Crippen LogP contribution in [0.5, 0.6) is 0 Å². The van der Waals surface area contributed by atoms with Crippen LogP contribution in [-0.2, 0) is 0 Å². The summed E-state index contributed by atoms with van der Waals surface area (Å²) in [6.45, 7) is 17.3. The normalized spacial score (nSPS) is 29.6. The fourth-order valence-electron chi connectivity index (χ4n) is 2.20. The van der Waals surface area contributed by atoms with Crippen LogP contribution < -0.4 is 0 Å². The van der Waals surface area contributed by atoms with Gasteiger partial charge in [-0.1, -0.05) is 41.5 Å². The lowest BCUT2D eigenvalue weighted by atomic mass is 9.71. The summed E-state index contributed by atoms with van der Waals surface area (Å²) in [4.78, 5) is 2.59. The van der Waals surface area contributed by atoms with Gasteiger partial charge >= 0.3 is 0 Å². The first-order valence-corrected chi connectivity index (χ1v) is 6.49. The molecular weight excluding hydrogens is 208 g/mol. The van der Waals surface area contributed by atoms with Gasteiger partial charge in [-0.15, -0.1) is 0 Å². The van der Waals surface area contributed by atoms with Crippen LogP contribution in [0.4, 0.5) is 9.15 Å². The summed E-state index contributed by atoms with van der Waals surface area (Å²) in [6, 6.07) is 0. The van der Waals surface area contributed by atoms with Gasteiger partial charge in [0.1, 0.15) is 0 Å². The number of rotatable bonds is 2. The first-order chi connectivity index (χ1) is 7.62. The molecule has 16 heavy (non-hydrogen) atoms. The molecule has 2 atom stereocenters. The molecule has 1 aliphatic heterocycles. The SMILES string of the molecule is CC.CCN1CC[C@H](C)[C@](C)(CC)C1.FF. The molecule has 1 aliphatic rings. The van der Waals surface area contributed by atoms with Crippen LogP contribution in [0.2, 0.25) is 0 Å². The maximum atomic E-state index is 8.00. The minimum absolute atomic E-state index is 0.578. The molecule has 1 saturated heterocycles. The summed E-state index contributed by atoms with van der Waals surface area (Å²) in [5.41, 5.74) is 0.578. The lowest BCUT2D eigenvalue weighted by Gasteiger charge is -2.44. The van der Waals surface area contributed by atoms with Crippen molar-refractivity contribution in [2.45, 2.75) is 54.4 Å². The van der Waals surface area contributed by atoms with Crippen LogP contribution in [-0.4, -0.2) is 24.5 Å². The Labute approximate surface area is 100 Å². The molecule has 1 heterocycles. The van der Waals surface area contributed by atoms with Crippen molar-refractivity contribution in [3.8, 4) is 0 Å². The summed E-state index contributed by atoms with van der Waals surface area (Å²) in [6.07, 6.45) is 2.71. The third-order valence-electron chi connectivity index (χ3n) is 3.91. The van der Waals surface area contributed by atoms with Crippen LogP contribution in [0.25, 0.3) is 0 Å². The number of halogens is 2. The molecule has 0 aromatic carbocycles. The van der Waals surface area contributed by atoms with Crippen molar-refractivity contribution < 1.29 is 9.15 Å². The van der Waals surface area contributed by atoms with Gasteiger partial charge in [-0.3, -0.25) is 0 Å². The number of nitrogens with zero attached hydrogens (tertiary/aromatic N) is 1. The molecule has 3 heteroatoms. The van der Waals surface area contributed by atoms with Crippen LogP contribution in [0.1, 0.15) is 54.4 Å². The smallest absolute Gasteiger partial charge is 0.00377 e. The second-order valence-electron chi connectivity index (χ2n) is 4.57. The minimum atomic E-state index is 0.578. The zero-order valence-electron chi connectivity index (χ0n) is 11.8. The molecule has 0 bridgehead atoms. The summed E-state index contributed by atoms with van der Waals surface area (Å²) in [7, 11) is 0. The minimum Gasteiger partial charge on any atom is -0.303 e. The van der Waals surface area contributed by atoms with E-state index >= 15 is 0 Å². The highest BCUT2D eigenvalue weighted by molar-refractivity contribution is 4.86. The average molecular weight is 237 g/mol. The third kappa shape index (κ3) is 5.24. The van der Waals surface area contributed by atoms with Gasteiger partial charge in [-0.05, 0) is 37.3 Å². The Bertz CT molecular complexity index is 153. The standard InChI is InChI=1S/C11H23N.C2H6.F2/c1-5-11(4)9-12(6-2)8-7-10(11)3;2*1-2/h10H,5-9H2,1-4H3;1-2H3;/t10-,11+;;/m0../s1. The van der Waals surface area contributed by atoms with E-state index in [1.807, 2.05) is 13.8 Å². The Hall–Kier alpha value is -0.180. The predicted molar refractivity (Wildman–Crippen MR) is 67.9 cm³/mol.